The fraction of sp³-hybridized carbons (Fsp3) is 0.188. The minimum absolute atomic E-state index is 0.0676. The van der Waals surface area contributed by atoms with Gasteiger partial charge >= 0.3 is 6.18 Å². The van der Waals surface area contributed by atoms with E-state index < -0.39 is 11.7 Å². The quantitative estimate of drug-likeness (QED) is 0.765. The maximum atomic E-state index is 12.6. The molecule has 0 bridgehead atoms. The van der Waals surface area contributed by atoms with Gasteiger partial charge in [-0.25, -0.2) is 0 Å². The second kappa shape index (κ2) is 7.04. The van der Waals surface area contributed by atoms with Gasteiger partial charge in [0.15, 0.2) is 11.5 Å². The van der Waals surface area contributed by atoms with Gasteiger partial charge in [-0.15, -0.1) is 0 Å². The van der Waals surface area contributed by atoms with Crippen LogP contribution in [-0.4, -0.2) is 18.4 Å². The highest BCUT2D eigenvalue weighted by Gasteiger charge is 2.30. The van der Waals surface area contributed by atoms with Gasteiger partial charge in [-0.3, -0.25) is 4.99 Å². The van der Waals surface area contributed by atoms with Gasteiger partial charge in [0.1, 0.15) is 0 Å². The lowest BCUT2D eigenvalue weighted by Gasteiger charge is -2.08. The van der Waals surface area contributed by atoms with E-state index in [4.69, 9.17) is 4.74 Å². The van der Waals surface area contributed by atoms with Crippen molar-refractivity contribution in [2.24, 2.45) is 4.99 Å². The fourth-order valence-corrected chi connectivity index (χ4v) is 2.40. The highest BCUT2D eigenvalue weighted by molar-refractivity contribution is 9.10. The van der Waals surface area contributed by atoms with Crippen molar-refractivity contribution in [3.63, 3.8) is 0 Å². The third-order valence-corrected chi connectivity index (χ3v) is 3.51. The van der Waals surface area contributed by atoms with E-state index in [-0.39, 0.29) is 18.0 Å². The summed E-state index contributed by atoms with van der Waals surface area (Å²) in [4.78, 5) is 4.08. The second-order valence-corrected chi connectivity index (χ2v) is 5.63. The molecule has 0 radical (unpaired) electrons. The normalized spacial score (nSPS) is 11.9. The molecule has 23 heavy (non-hydrogen) atoms. The molecule has 2 rings (SSSR count). The zero-order valence-electron chi connectivity index (χ0n) is 12.1. The van der Waals surface area contributed by atoms with Gasteiger partial charge in [0, 0.05) is 16.3 Å². The van der Waals surface area contributed by atoms with E-state index >= 15 is 0 Å². The Labute approximate surface area is 139 Å². The molecule has 0 aromatic heterocycles. The Morgan fingerprint density at radius 2 is 2.00 bits per heavy atom. The van der Waals surface area contributed by atoms with Crippen molar-refractivity contribution in [2.75, 3.05) is 7.11 Å². The van der Waals surface area contributed by atoms with Crippen LogP contribution in [-0.2, 0) is 12.7 Å². The predicted octanol–water partition coefficient (Wildman–Crippen LogP) is 4.80. The summed E-state index contributed by atoms with van der Waals surface area (Å²) in [6.45, 7) is 0.0676. The van der Waals surface area contributed by atoms with Crippen molar-refractivity contribution in [2.45, 2.75) is 12.7 Å². The third kappa shape index (κ3) is 4.48. The van der Waals surface area contributed by atoms with Crippen LogP contribution in [0.15, 0.2) is 45.9 Å². The van der Waals surface area contributed by atoms with E-state index in [1.54, 1.807) is 18.2 Å². The van der Waals surface area contributed by atoms with E-state index in [9.17, 15) is 18.3 Å². The number of rotatable bonds is 4. The van der Waals surface area contributed by atoms with Gasteiger partial charge in [-0.2, -0.15) is 13.2 Å². The Hall–Kier alpha value is -2.02. The predicted molar refractivity (Wildman–Crippen MR) is 85.1 cm³/mol. The fourth-order valence-electron chi connectivity index (χ4n) is 1.94. The van der Waals surface area contributed by atoms with Crippen LogP contribution in [0.5, 0.6) is 11.5 Å². The number of aliphatic imine (C=N–C) groups is 1. The lowest BCUT2D eigenvalue weighted by molar-refractivity contribution is -0.137. The van der Waals surface area contributed by atoms with Crippen molar-refractivity contribution < 1.29 is 23.0 Å². The summed E-state index contributed by atoms with van der Waals surface area (Å²) < 4.78 is 43.6. The summed E-state index contributed by atoms with van der Waals surface area (Å²) in [7, 11) is 1.42. The second-order valence-electron chi connectivity index (χ2n) is 4.71. The van der Waals surface area contributed by atoms with Crippen LogP contribution in [0.25, 0.3) is 0 Å². The maximum Gasteiger partial charge on any atom is 0.416 e. The molecule has 0 saturated heterocycles. The van der Waals surface area contributed by atoms with Gasteiger partial charge in [0.05, 0.1) is 19.2 Å². The summed E-state index contributed by atoms with van der Waals surface area (Å²) in [6, 6.07) is 8.20. The van der Waals surface area contributed by atoms with Crippen molar-refractivity contribution in [3.8, 4) is 11.5 Å². The van der Waals surface area contributed by atoms with Crippen molar-refractivity contribution in [3.05, 3.63) is 57.6 Å². The molecule has 0 aliphatic carbocycles. The van der Waals surface area contributed by atoms with Crippen LogP contribution in [0.2, 0.25) is 0 Å². The zero-order chi connectivity index (χ0) is 17.0. The molecule has 7 heteroatoms. The summed E-state index contributed by atoms with van der Waals surface area (Å²) >= 11 is 3.28. The molecule has 0 fully saturated rings. The first-order valence-electron chi connectivity index (χ1n) is 6.53. The van der Waals surface area contributed by atoms with Gasteiger partial charge in [-0.05, 0) is 29.8 Å². The summed E-state index contributed by atoms with van der Waals surface area (Å²) in [5, 5.41) is 9.98. The minimum atomic E-state index is -4.38. The molecular formula is C16H13BrF3NO2. The van der Waals surface area contributed by atoms with E-state index in [2.05, 4.69) is 20.9 Å². The molecule has 0 saturated carbocycles. The molecule has 0 aliphatic heterocycles. The standard InChI is InChI=1S/C16H13BrF3NO2/c1-23-14-7-13(17)6-11(15(14)22)9-21-8-10-3-2-4-12(5-10)16(18,19)20/h2-7,9,22H,8H2,1H3. The Balaban J connectivity index is 2.18. The van der Waals surface area contributed by atoms with E-state index in [1.165, 1.54) is 19.4 Å². The molecule has 2 aromatic rings. The van der Waals surface area contributed by atoms with Gasteiger partial charge < -0.3 is 9.84 Å². The molecule has 2 aromatic carbocycles. The number of benzene rings is 2. The molecular weight excluding hydrogens is 375 g/mol. The number of aromatic hydroxyl groups is 1. The van der Waals surface area contributed by atoms with E-state index in [0.29, 0.717) is 15.6 Å². The first-order chi connectivity index (χ1) is 10.8. The van der Waals surface area contributed by atoms with Gasteiger partial charge in [0.2, 0.25) is 0 Å². The minimum Gasteiger partial charge on any atom is -0.504 e. The third-order valence-electron chi connectivity index (χ3n) is 3.05. The van der Waals surface area contributed by atoms with Crippen molar-refractivity contribution >= 4 is 22.1 Å². The number of methoxy groups -OCH3 is 1. The Morgan fingerprint density at radius 3 is 2.65 bits per heavy atom. The number of phenolic OH excluding ortho intramolecular Hbond substituents is 1. The number of halogens is 4. The number of hydrogen-bond acceptors (Lipinski definition) is 3. The number of hydrogen-bond donors (Lipinski definition) is 1. The molecule has 0 amide bonds. The Morgan fingerprint density at radius 1 is 1.26 bits per heavy atom. The molecule has 0 aliphatic rings. The molecule has 122 valence electrons. The highest BCUT2D eigenvalue weighted by atomic mass is 79.9. The molecule has 0 heterocycles. The molecule has 3 nitrogen and oxygen atoms in total. The van der Waals surface area contributed by atoms with Crippen LogP contribution in [0, 0.1) is 0 Å². The smallest absolute Gasteiger partial charge is 0.416 e. The summed E-state index contributed by atoms with van der Waals surface area (Å²) in [6.07, 6.45) is -2.99. The number of alkyl halides is 3. The zero-order valence-corrected chi connectivity index (χ0v) is 13.6. The average Bonchev–Trinajstić information content (AvgIpc) is 2.49. The Kier molecular flexibility index (Phi) is 5.30. The van der Waals surface area contributed by atoms with Crippen LogP contribution in [0.1, 0.15) is 16.7 Å². The topological polar surface area (TPSA) is 41.8 Å². The number of ether oxygens (including phenoxy) is 1. The van der Waals surface area contributed by atoms with Crippen LogP contribution < -0.4 is 4.74 Å². The van der Waals surface area contributed by atoms with Gasteiger partial charge in [0.25, 0.3) is 0 Å². The molecule has 0 unspecified atom stereocenters. The molecule has 1 N–H and O–H groups in total. The maximum absolute atomic E-state index is 12.6. The monoisotopic (exact) mass is 387 g/mol. The molecule has 0 atom stereocenters. The summed E-state index contributed by atoms with van der Waals surface area (Å²) in [5.74, 6) is 0.198. The van der Waals surface area contributed by atoms with Crippen molar-refractivity contribution in [1.29, 1.82) is 0 Å². The van der Waals surface area contributed by atoms with Crippen LogP contribution >= 0.6 is 15.9 Å². The molecule has 0 spiro atoms. The number of phenols is 1. The number of nitrogens with zero attached hydrogens (tertiary/aromatic N) is 1. The first kappa shape index (κ1) is 17.3. The first-order valence-corrected chi connectivity index (χ1v) is 7.33. The lowest BCUT2D eigenvalue weighted by atomic mass is 10.1. The van der Waals surface area contributed by atoms with E-state index in [0.717, 1.165) is 12.1 Å². The van der Waals surface area contributed by atoms with Crippen LogP contribution in [0.4, 0.5) is 13.2 Å². The van der Waals surface area contributed by atoms with E-state index in [1.807, 2.05) is 0 Å². The Bertz CT molecular complexity index is 730. The summed E-state index contributed by atoms with van der Waals surface area (Å²) in [5.41, 5.74) is 0.123. The largest absolute Gasteiger partial charge is 0.504 e. The average molecular weight is 388 g/mol. The SMILES string of the molecule is COc1cc(Br)cc(C=NCc2cccc(C(F)(F)F)c2)c1O. The lowest BCUT2D eigenvalue weighted by Crippen LogP contribution is -2.05. The van der Waals surface area contributed by atoms with Crippen molar-refractivity contribution in [1.82, 2.24) is 0 Å². The van der Waals surface area contributed by atoms with Crippen LogP contribution in [0.3, 0.4) is 0 Å². The van der Waals surface area contributed by atoms with Gasteiger partial charge in [-0.1, -0.05) is 28.1 Å². The highest BCUT2D eigenvalue weighted by Crippen LogP contribution is 2.33.